The third-order valence-electron chi connectivity index (χ3n) is 6.29. The van der Waals surface area contributed by atoms with Crippen LogP contribution in [-0.2, 0) is 13.1 Å². The Bertz CT molecular complexity index is 1300. The lowest BCUT2D eigenvalue weighted by molar-refractivity contribution is -0.153. The molecule has 4 rings (SSSR count). The van der Waals surface area contributed by atoms with Gasteiger partial charge in [0.25, 0.3) is 5.56 Å². The molecule has 0 radical (unpaired) electrons. The summed E-state index contributed by atoms with van der Waals surface area (Å²) < 4.78 is 45.6. The minimum Gasteiger partial charge on any atom is -0.482 e. The summed E-state index contributed by atoms with van der Waals surface area (Å²) in [5.41, 5.74) is 1.23. The van der Waals surface area contributed by atoms with Crippen LogP contribution in [0.25, 0.3) is 0 Å². The Morgan fingerprint density at radius 1 is 0.973 bits per heavy atom. The molecule has 11 heteroatoms. The second-order valence-electron chi connectivity index (χ2n) is 9.05. The zero-order valence-corrected chi connectivity index (χ0v) is 20.7. The monoisotopic (exact) mass is 517 g/mol. The molecule has 0 aliphatic carbocycles. The molecule has 0 amide bonds. The van der Waals surface area contributed by atoms with Gasteiger partial charge in [-0.25, -0.2) is 4.79 Å². The molecule has 2 aromatic heterocycles. The number of anilines is 1. The number of aryl methyl sites for hydroxylation is 1. The molecule has 0 unspecified atom stereocenters. The van der Waals surface area contributed by atoms with E-state index in [0.717, 1.165) is 5.69 Å². The Kier molecular flexibility index (Phi) is 8.32. The molecule has 0 N–H and O–H groups in total. The van der Waals surface area contributed by atoms with Crippen LogP contribution in [0.4, 0.5) is 18.9 Å². The van der Waals surface area contributed by atoms with Crippen LogP contribution in [0.15, 0.2) is 64.4 Å². The van der Waals surface area contributed by atoms with E-state index in [1.54, 1.807) is 49.6 Å². The SMILES string of the molecule is Cc1cn(Cc2ccccn2)c(=O)n(CCCN2CCN(c3ccccc3OCC(F)(F)F)CC2)c1=O. The number of nitrogens with zero attached hydrogens (tertiary/aromatic N) is 5. The molecule has 0 bridgehead atoms. The fourth-order valence-corrected chi connectivity index (χ4v) is 4.44. The molecular weight excluding hydrogens is 487 g/mol. The second-order valence-corrected chi connectivity index (χ2v) is 9.05. The van der Waals surface area contributed by atoms with E-state index in [1.165, 1.54) is 9.13 Å². The Labute approximate surface area is 212 Å². The number of pyridine rings is 1. The summed E-state index contributed by atoms with van der Waals surface area (Å²) >= 11 is 0. The van der Waals surface area contributed by atoms with Gasteiger partial charge >= 0.3 is 11.9 Å². The van der Waals surface area contributed by atoms with Crippen LogP contribution in [0.3, 0.4) is 0 Å². The van der Waals surface area contributed by atoms with Crippen molar-refractivity contribution >= 4 is 5.69 Å². The number of hydrogen-bond acceptors (Lipinski definition) is 6. The van der Waals surface area contributed by atoms with Crippen molar-refractivity contribution in [3.05, 3.63) is 87.0 Å². The van der Waals surface area contributed by atoms with Crippen molar-refractivity contribution in [2.45, 2.75) is 32.6 Å². The number of para-hydroxylation sites is 2. The third kappa shape index (κ3) is 7.00. The van der Waals surface area contributed by atoms with E-state index in [0.29, 0.717) is 56.9 Å². The normalized spacial score (nSPS) is 14.6. The van der Waals surface area contributed by atoms with Gasteiger partial charge in [-0.05, 0) is 44.2 Å². The molecule has 1 aliphatic rings. The number of rotatable bonds is 9. The van der Waals surface area contributed by atoms with Gasteiger partial charge in [0.2, 0.25) is 0 Å². The van der Waals surface area contributed by atoms with E-state index in [2.05, 4.69) is 9.88 Å². The average Bonchev–Trinajstić information content (AvgIpc) is 2.89. The molecule has 1 saturated heterocycles. The first-order valence-corrected chi connectivity index (χ1v) is 12.2. The highest BCUT2D eigenvalue weighted by Gasteiger charge is 2.29. The minimum absolute atomic E-state index is 0.217. The summed E-state index contributed by atoms with van der Waals surface area (Å²) in [4.78, 5) is 34.1. The molecular formula is C26H30F3N5O3. The fourth-order valence-electron chi connectivity index (χ4n) is 4.44. The third-order valence-corrected chi connectivity index (χ3v) is 6.29. The maximum atomic E-state index is 13.0. The first-order valence-electron chi connectivity index (χ1n) is 12.2. The van der Waals surface area contributed by atoms with Gasteiger partial charge in [0.1, 0.15) is 5.75 Å². The number of halogens is 3. The van der Waals surface area contributed by atoms with Gasteiger partial charge in [0.15, 0.2) is 6.61 Å². The lowest BCUT2D eigenvalue weighted by Gasteiger charge is -2.36. The summed E-state index contributed by atoms with van der Waals surface area (Å²) in [5.74, 6) is 0.217. The Balaban J connectivity index is 1.33. The number of aromatic nitrogens is 3. The number of alkyl halides is 3. The summed E-state index contributed by atoms with van der Waals surface area (Å²) in [7, 11) is 0. The summed E-state index contributed by atoms with van der Waals surface area (Å²) in [6.07, 6.45) is -0.539. The van der Waals surface area contributed by atoms with Crippen molar-refractivity contribution in [2.24, 2.45) is 0 Å². The van der Waals surface area contributed by atoms with Crippen LogP contribution >= 0.6 is 0 Å². The van der Waals surface area contributed by atoms with Crippen LogP contribution in [0.1, 0.15) is 17.7 Å². The molecule has 0 atom stereocenters. The highest BCUT2D eigenvalue weighted by atomic mass is 19.4. The van der Waals surface area contributed by atoms with E-state index in [-0.39, 0.29) is 23.5 Å². The molecule has 8 nitrogen and oxygen atoms in total. The van der Waals surface area contributed by atoms with Gasteiger partial charge in [-0.2, -0.15) is 13.2 Å². The Morgan fingerprint density at radius 3 is 2.41 bits per heavy atom. The molecule has 3 heterocycles. The predicted octanol–water partition coefficient (Wildman–Crippen LogP) is 2.92. The van der Waals surface area contributed by atoms with E-state index < -0.39 is 12.8 Å². The lowest BCUT2D eigenvalue weighted by Crippen LogP contribution is -2.47. The summed E-state index contributed by atoms with van der Waals surface area (Å²) in [6.45, 7) is 4.34. The molecule has 0 spiro atoms. The largest absolute Gasteiger partial charge is 0.482 e. The maximum absolute atomic E-state index is 13.0. The molecule has 1 aromatic carbocycles. The predicted molar refractivity (Wildman–Crippen MR) is 134 cm³/mol. The van der Waals surface area contributed by atoms with Gasteiger partial charge in [0, 0.05) is 50.7 Å². The molecule has 198 valence electrons. The van der Waals surface area contributed by atoms with Crippen molar-refractivity contribution in [3.63, 3.8) is 0 Å². The zero-order chi connectivity index (χ0) is 26.4. The first-order chi connectivity index (χ1) is 17.7. The van der Waals surface area contributed by atoms with Crippen LogP contribution in [0, 0.1) is 6.92 Å². The highest BCUT2D eigenvalue weighted by Crippen LogP contribution is 2.30. The zero-order valence-electron chi connectivity index (χ0n) is 20.7. The highest BCUT2D eigenvalue weighted by molar-refractivity contribution is 5.58. The second kappa shape index (κ2) is 11.6. The van der Waals surface area contributed by atoms with Crippen molar-refractivity contribution in [1.29, 1.82) is 0 Å². The Morgan fingerprint density at radius 2 is 1.70 bits per heavy atom. The minimum atomic E-state index is -4.40. The quantitative estimate of drug-likeness (QED) is 0.435. The van der Waals surface area contributed by atoms with E-state index >= 15 is 0 Å². The van der Waals surface area contributed by atoms with Gasteiger partial charge in [0.05, 0.1) is 17.9 Å². The molecule has 37 heavy (non-hydrogen) atoms. The van der Waals surface area contributed by atoms with E-state index in [9.17, 15) is 22.8 Å². The fraction of sp³-hybridized carbons (Fsp3) is 0.423. The topological polar surface area (TPSA) is 72.6 Å². The Hall–Kier alpha value is -3.60. The maximum Gasteiger partial charge on any atom is 0.422 e. The van der Waals surface area contributed by atoms with E-state index in [1.807, 2.05) is 17.0 Å². The van der Waals surface area contributed by atoms with Crippen molar-refractivity contribution in [2.75, 3.05) is 44.2 Å². The number of benzene rings is 1. The molecule has 3 aromatic rings. The number of ether oxygens (including phenoxy) is 1. The van der Waals surface area contributed by atoms with Crippen LogP contribution < -0.4 is 20.9 Å². The van der Waals surface area contributed by atoms with Gasteiger partial charge in [-0.1, -0.05) is 18.2 Å². The number of piperazine rings is 1. The molecule has 0 saturated carbocycles. The summed E-state index contributed by atoms with van der Waals surface area (Å²) in [5, 5.41) is 0. The molecule has 1 fully saturated rings. The van der Waals surface area contributed by atoms with Crippen molar-refractivity contribution in [1.82, 2.24) is 19.0 Å². The van der Waals surface area contributed by atoms with Crippen LogP contribution in [0.5, 0.6) is 5.75 Å². The first kappa shape index (κ1) is 26.5. The van der Waals surface area contributed by atoms with Crippen LogP contribution in [0.2, 0.25) is 0 Å². The van der Waals surface area contributed by atoms with Crippen LogP contribution in [-0.4, -0.2) is 64.5 Å². The van der Waals surface area contributed by atoms with Gasteiger partial charge in [-0.15, -0.1) is 0 Å². The smallest absolute Gasteiger partial charge is 0.422 e. The standard InChI is InChI=1S/C26H30F3N5O3/c1-20-17-33(18-21-7-4-5-10-30-21)25(36)34(24(20)35)12-6-11-31-13-15-32(16-14-31)22-8-2-3-9-23(22)37-19-26(27,28)29/h2-5,7-10,17H,6,11-16,18-19H2,1H3. The van der Waals surface area contributed by atoms with Crippen molar-refractivity contribution < 1.29 is 17.9 Å². The van der Waals surface area contributed by atoms with Gasteiger partial charge < -0.3 is 9.64 Å². The summed E-state index contributed by atoms with van der Waals surface area (Å²) in [6, 6.07) is 12.2. The molecule has 1 aliphatic heterocycles. The van der Waals surface area contributed by atoms with Crippen molar-refractivity contribution in [3.8, 4) is 5.75 Å². The average molecular weight is 518 g/mol. The van der Waals surface area contributed by atoms with Gasteiger partial charge in [-0.3, -0.25) is 23.8 Å². The van der Waals surface area contributed by atoms with E-state index in [4.69, 9.17) is 4.74 Å². The lowest BCUT2D eigenvalue weighted by atomic mass is 10.2. The number of hydrogen-bond donors (Lipinski definition) is 0.